The maximum Gasteiger partial charge on any atom is 0.313 e. The molecule has 0 bridgehead atoms. The van der Waals surface area contributed by atoms with E-state index >= 15 is 0 Å². The maximum absolute atomic E-state index is 13.6. The Hall–Kier alpha value is -1.64. The van der Waals surface area contributed by atoms with Crippen LogP contribution in [0.15, 0.2) is 52.3 Å². The number of anilines is 2. The molecule has 0 spiro atoms. The molecule has 3 rings (SSSR count). The zero-order chi connectivity index (χ0) is 23.4. The Morgan fingerprint density at radius 1 is 1.22 bits per heavy atom. The third kappa shape index (κ3) is 5.83. The average Bonchev–Trinajstić information content (AvgIpc) is 2.84. The van der Waals surface area contributed by atoms with Gasteiger partial charge in [-0.2, -0.15) is 0 Å². The van der Waals surface area contributed by atoms with Crippen LogP contribution in [0, 0.1) is 5.41 Å². The lowest BCUT2D eigenvalue weighted by Gasteiger charge is -2.34. The minimum absolute atomic E-state index is 0.0110. The third-order valence-corrected chi connectivity index (χ3v) is 9.61. The summed E-state index contributed by atoms with van der Waals surface area (Å²) in [7, 11) is -3.52. The molecule has 1 N–H and O–H groups in total. The van der Waals surface area contributed by atoms with Gasteiger partial charge in [0.25, 0.3) is 0 Å². The summed E-state index contributed by atoms with van der Waals surface area (Å²) in [5.41, 5.74) is 2.19. The second-order valence-corrected chi connectivity index (χ2v) is 12.4. The van der Waals surface area contributed by atoms with Crippen LogP contribution in [0.3, 0.4) is 0 Å². The standard InChI is InChI=1S/C24H31NO4S3/c1-4-5-11-24(2)16-25(19-9-7-6-8-10-19)20-13-21(30-3)18(14-31-15-23(26)27)12-22(20)32(28,29)17-24/h6-10,12-13H,4-5,11,14-17H2,1-3H3,(H,26,27)/t24-/m0/s1. The quantitative estimate of drug-likeness (QED) is 0.439. The minimum atomic E-state index is -3.52. The lowest BCUT2D eigenvalue weighted by Crippen LogP contribution is -2.35. The number of sulfone groups is 1. The summed E-state index contributed by atoms with van der Waals surface area (Å²) in [5.74, 6) is -0.312. The minimum Gasteiger partial charge on any atom is -0.481 e. The predicted octanol–water partition coefficient (Wildman–Crippen LogP) is 5.85. The van der Waals surface area contributed by atoms with Crippen LogP contribution in [0.4, 0.5) is 11.4 Å². The molecular weight excluding hydrogens is 462 g/mol. The molecule has 5 nitrogen and oxygen atoms in total. The Kier molecular flexibility index (Phi) is 8.22. The molecule has 0 saturated heterocycles. The van der Waals surface area contributed by atoms with E-state index in [1.165, 1.54) is 11.8 Å². The highest BCUT2D eigenvalue weighted by Gasteiger charge is 2.39. The summed E-state index contributed by atoms with van der Waals surface area (Å²) in [6, 6.07) is 13.7. The molecule has 8 heteroatoms. The number of hydrogen-bond donors (Lipinski definition) is 1. The molecular formula is C24H31NO4S3. The predicted molar refractivity (Wildman–Crippen MR) is 135 cm³/mol. The van der Waals surface area contributed by atoms with E-state index in [4.69, 9.17) is 5.11 Å². The highest BCUT2D eigenvalue weighted by atomic mass is 32.2. The van der Waals surface area contributed by atoms with Gasteiger partial charge in [-0.05, 0) is 47.9 Å². The van der Waals surface area contributed by atoms with Gasteiger partial charge in [0.05, 0.1) is 22.1 Å². The van der Waals surface area contributed by atoms with Gasteiger partial charge < -0.3 is 10.0 Å². The lowest BCUT2D eigenvalue weighted by atomic mass is 9.86. The van der Waals surface area contributed by atoms with Crippen molar-refractivity contribution in [3.8, 4) is 0 Å². The number of benzene rings is 2. The fourth-order valence-electron chi connectivity index (χ4n) is 4.24. The van der Waals surface area contributed by atoms with Crippen molar-refractivity contribution in [2.45, 2.75) is 48.7 Å². The van der Waals surface area contributed by atoms with Gasteiger partial charge in [-0.3, -0.25) is 4.79 Å². The lowest BCUT2D eigenvalue weighted by molar-refractivity contribution is -0.133. The van der Waals surface area contributed by atoms with E-state index in [1.807, 2.05) is 42.7 Å². The van der Waals surface area contributed by atoms with Crippen molar-refractivity contribution in [3.63, 3.8) is 0 Å². The molecule has 1 atom stereocenters. The normalized spacial score (nSPS) is 19.9. The Balaban J connectivity index is 2.15. The van der Waals surface area contributed by atoms with E-state index in [-0.39, 0.29) is 16.9 Å². The molecule has 174 valence electrons. The molecule has 0 amide bonds. The number of para-hydroxylation sites is 1. The van der Waals surface area contributed by atoms with Crippen molar-refractivity contribution >= 4 is 50.7 Å². The number of thioether (sulfide) groups is 2. The van der Waals surface area contributed by atoms with Crippen molar-refractivity contribution in [1.82, 2.24) is 0 Å². The highest BCUT2D eigenvalue weighted by molar-refractivity contribution is 7.99. The summed E-state index contributed by atoms with van der Waals surface area (Å²) in [5, 5.41) is 8.99. The Bertz CT molecular complexity index is 1060. The first-order valence-corrected chi connectivity index (χ1v) is 14.8. The van der Waals surface area contributed by atoms with Crippen LogP contribution >= 0.6 is 23.5 Å². The summed E-state index contributed by atoms with van der Waals surface area (Å²) in [6.45, 7) is 4.84. The molecule has 0 radical (unpaired) electrons. The number of rotatable bonds is 9. The first-order valence-electron chi connectivity index (χ1n) is 10.7. The number of carbonyl (C=O) groups is 1. The first-order chi connectivity index (χ1) is 15.2. The summed E-state index contributed by atoms with van der Waals surface area (Å²) in [6.07, 6.45) is 4.82. The summed E-state index contributed by atoms with van der Waals surface area (Å²) >= 11 is 2.85. The van der Waals surface area contributed by atoms with Gasteiger partial charge in [-0.1, -0.05) is 44.9 Å². The molecule has 0 aliphatic carbocycles. The molecule has 2 aromatic rings. The van der Waals surface area contributed by atoms with Crippen molar-refractivity contribution in [1.29, 1.82) is 0 Å². The molecule has 1 heterocycles. The van der Waals surface area contributed by atoms with Crippen LogP contribution < -0.4 is 4.90 Å². The Morgan fingerprint density at radius 2 is 1.94 bits per heavy atom. The van der Waals surface area contributed by atoms with Crippen LogP contribution in [0.5, 0.6) is 0 Å². The second-order valence-electron chi connectivity index (χ2n) is 8.61. The summed E-state index contributed by atoms with van der Waals surface area (Å²) in [4.78, 5) is 14.4. The number of unbranched alkanes of at least 4 members (excludes halogenated alkanes) is 1. The number of carboxylic acid groups (broad SMARTS) is 1. The zero-order valence-electron chi connectivity index (χ0n) is 18.8. The van der Waals surface area contributed by atoms with E-state index in [1.54, 1.807) is 17.8 Å². The van der Waals surface area contributed by atoms with Crippen LogP contribution in [-0.2, 0) is 20.4 Å². The number of aliphatic carboxylic acids is 1. The second kappa shape index (κ2) is 10.5. The van der Waals surface area contributed by atoms with E-state index in [9.17, 15) is 13.2 Å². The smallest absolute Gasteiger partial charge is 0.313 e. The van der Waals surface area contributed by atoms with Crippen molar-refractivity contribution in [2.75, 3.05) is 29.2 Å². The molecule has 0 aromatic heterocycles. The summed E-state index contributed by atoms with van der Waals surface area (Å²) < 4.78 is 27.3. The average molecular weight is 494 g/mol. The molecule has 0 unspecified atom stereocenters. The number of nitrogens with zero attached hydrogens (tertiary/aromatic N) is 1. The Morgan fingerprint density at radius 3 is 2.56 bits per heavy atom. The zero-order valence-corrected chi connectivity index (χ0v) is 21.3. The number of fused-ring (bicyclic) bond motifs is 1. The van der Waals surface area contributed by atoms with Crippen molar-refractivity contribution in [3.05, 3.63) is 48.0 Å². The van der Waals surface area contributed by atoms with Gasteiger partial charge in [0.1, 0.15) is 0 Å². The van der Waals surface area contributed by atoms with E-state index in [0.29, 0.717) is 22.9 Å². The molecule has 1 aliphatic rings. The fraction of sp³-hybridized carbons (Fsp3) is 0.458. The number of hydrogen-bond acceptors (Lipinski definition) is 6. The molecule has 1 aliphatic heterocycles. The van der Waals surface area contributed by atoms with E-state index in [0.717, 1.165) is 35.4 Å². The SMILES string of the molecule is CCCC[C@@]1(C)CN(c2ccccc2)c2cc(SC)c(CSCC(=O)O)cc2S(=O)(=O)C1. The Labute approximate surface area is 199 Å². The van der Waals surface area contributed by atoms with Gasteiger partial charge >= 0.3 is 5.97 Å². The molecule has 0 fully saturated rings. The number of carboxylic acids is 1. The maximum atomic E-state index is 13.6. The molecule has 32 heavy (non-hydrogen) atoms. The van der Waals surface area contributed by atoms with Gasteiger partial charge in [-0.15, -0.1) is 23.5 Å². The van der Waals surface area contributed by atoms with Crippen LogP contribution in [-0.4, -0.2) is 43.8 Å². The van der Waals surface area contributed by atoms with E-state index in [2.05, 4.69) is 18.7 Å². The van der Waals surface area contributed by atoms with E-state index < -0.39 is 15.8 Å². The van der Waals surface area contributed by atoms with Gasteiger partial charge in [0.2, 0.25) is 0 Å². The van der Waals surface area contributed by atoms with Crippen LogP contribution in [0.2, 0.25) is 0 Å². The first kappa shape index (κ1) is 25.0. The third-order valence-electron chi connectivity index (χ3n) is 5.75. The topological polar surface area (TPSA) is 74.7 Å². The molecule has 2 aromatic carbocycles. The van der Waals surface area contributed by atoms with Crippen LogP contribution in [0.1, 0.15) is 38.7 Å². The van der Waals surface area contributed by atoms with Gasteiger partial charge in [0.15, 0.2) is 9.84 Å². The fourth-order valence-corrected chi connectivity index (χ4v) is 7.81. The van der Waals surface area contributed by atoms with Crippen molar-refractivity contribution < 1.29 is 18.3 Å². The molecule has 0 saturated carbocycles. The largest absolute Gasteiger partial charge is 0.481 e. The van der Waals surface area contributed by atoms with Crippen molar-refractivity contribution in [2.24, 2.45) is 5.41 Å². The monoisotopic (exact) mass is 493 g/mol. The van der Waals surface area contributed by atoms with Crippen LogP contribution in [0.25, 0.3) is 0 Å². The van der Waals surface area contributed by atoms with Gasteiger partial charge in [-0.25, -0.2) is 8.42 Å². The van der Waals surface area contributed by atoms with Gasteiger partial charge in [0, 0.05) is 22.9 Å². The highest BCUT2D eigenvalue weighted by Crippen LogP contribution is 2.44.